The lowest BCUT2D eigenvalue weighted by Gasteiger charge is -2.32. The molecule has 134 valence electrons. The zero-order valence-electron chi connectivity index (χ0n) is 15.0. The second kappa shape index (κ2) is 6.75. The Morgan fingerprint density at radius 1 is 1.36 bits per heavy atom. The lowest BCUT2D eigenvalue weighted by Crippen LogP contribution is -2.45. The van der Waals surface area contributed by atoms with Crippen LogP contribution in [0.15, 0.2) is 10.6 Å². The maximum absolute atomic E-state index is 13.3. The van der Waals surface area contributed by atoms with Crippen LogP contribution >= 0.6 is 0 Å². The molecule has 1 aliphatic carbocycles. The van der Waals surface area contributed by atoms with Crippen molar-refractivity contribution in [2.45, 2.75) is 58.0 Å². The van der Waals surface area contributed by atoms with E-state index in [1.54, 1.807) is 0 Å². The van der Waals surface area contributed by atoms with Gasteiger partial charge in [-0.15, -0.1) is 0 Å². The van der Waals surface area contributed by atoms with Crippen LogP contribution in [0.25, 0.3) is 11.1 Å². The number of nitrogens with zero attached hydrogens (tertiary/aromatic N) is 3. The Kier molecular flexibility index (Phi) is 4.46. The van der Waals surface area contributed by atoms with E-state index in [0.717, 1.165) is 48.9 Å². The number of carbonyl (C=O) groups excluding carboxylic acids is 1. The van der Waals surface area contributed by atoms with Gasteiger partial charge in [0, 0.05) is 24.7 Å². The lowest BCUT2D eigenvalue weighted by molar-refractivity contribution is -0.0225. The molecule has 1 saturated carbocycles. The summed E-state index contributed by atoms with van der Waals surface area (Å²) in [5, 5.41) is 4.99. The standard InChI is InChI=1S/C19H25N3O3/c1-3-5-15-17-14(19(23)22-8-9-24-13(4-2)11-22)10-16(12-6-7-12)20-18(17)25-21-15/h10,12-13H,3-9,11H2,1-2H3. The predicted molar refractivity (Wildman–Crippen MR) is 93.7 cm³/mol. The largest absolute Gasteiger partial charge is 0.375 e. The first-order valence-corrected chi connectivity index (χ1v) is 9.41. The molecule has 0 N–H and O–H groups in total. The van der Waals surface area contributed by atoms with Crippen LogP contribution in [0.2, 0.25) is 0 Å². The summed E-state index contributed by atoms with van der Waals surface area (Å²) >= 11 is 0. The van der Waals surface area contributed by atoms with E-state index in [0.29, 0.717) is 36.9 Å². The van der Waals surface area contributed by atoms with Gasteiger partial charge in [-0.05, 0) is 31.7 Å². The zero-order chi connectivity index (χ0) is 17.4. The number of rotatable bonds is 5. The zero-order valence-corrected chi connectivity index (χ0v) is 15.0. The monoisotopic (exact) mass is 343 g/mol. The molecule has 0 spiro atoms. The van der Waals surface area contributed by atoms with Gasteiger partial charge in [0.05, 0.1) is 29.4 Å². The lowest BCUT2D eigenvalue weighted by atomic mass is 10.0. The molecule has 25 heavy (non-hydrogen) atoms. The number of aryl methyl sites for hydroxylation is 1. The highest BCUT2D eigenvalue weighted by Crippen LogP contribution is 2.40. The number of fused-ring (bicyclic) bond motifs is 1. The first-order chi connectivity index (χ1) is 12.2. The molecule has 6 heteroatoms. The molecular formula is C19H25N3O3. The number of morpholine rings is 1. The molecule has 2 aliphatic rings. The van der Waals surface area contributed by atoms with Gasteiger partial charge >= 0.3 is 0 Å². The van der Waals surface area contributed by atoms with E-state index in [2.05, 4.69) is 24.0 Å². The maximum Gasteiger partial charge on any atom is 0.259 e. The van der Waals surface area contributed by atoms with E-state index in [4.69, 9.17) is 9.26 Å². The molecule has 2 aromatic rings. The molecular weight excluding hydrogens is 318 g/mol. The van der Waals surface area contributed by atoms with E-state index >= 15 is 0 Å². The maximum atomic E-state index is 13.3. The number of amides is 1. The van der Waals surface area contributed by atoms with Gasteiger partial charge in [0.2, 0.25) is 0 Å². The second-order valence-electron chi connectivity index (χ2n) is 7.08. The molecule has 1 unspecified atom stereocenters. The summed E-state index contributed by atoms with van der Waals surface area (Å²) in [7, 11) is 0. The molecule has 6 nitrogen and oxygen atoms in total. The summed E-state index contributed by atoms with van der Waals surface area (Å²) in [6, 6.07) is 1.98. The fourth-order valence-electron chi connectivity index (χ4n) is 3.52. The van der Waals surface area contributed by atoms with Gasteiger partial charge in [-0.3, -0.25) is 4.79 Å². The van der Waals surface area contributed by atoms with E-state index in [9.17, 15) is 4.79 Å². The molecule has 0 radical (unpaired) electrons. The van der Waals surface area contributed by atoms with Crippen molar-refractivity contribution >= 4 is 17.0 Å². The van der Waals surface area contributed by atoms with Crippen molar-refractivity contribution in [2.75, 3.05) is 19.7 Å². The summed E-state index contributed by atoms with van der Waals surface area (Å²) < 4.78 is 11.2. The minimum atomic E-state index is 0.0524. The number of ether oxygens (including phenoxy) is 1. The van der Waals surface area contributed by atoms with Crippen LogP contribution in [0.3, 0.4) is 0 Å². The van der Waals surface area contributed by atoms with Crippen LogP contribution < -0.4 is 0 Å². The van der Waals surface area contributed by atoms with Crippen LogP contribution in [0.5, 0.6) is 0 Å². The number of hydrogen-bond donors (Lipinski definition) is 0. The second-order valence-corrected chi connectivity index (χ2v) is 7.08. The average molecular weight is 343 g/mol. The van der Waals surface area contributed by atoms with Crippen molar-refractivity contribution in [2.24, 2.45) is 0 Å². The van der Waals surface area contributed by atoms with Crippen molar-refractivity contribution in [1.82, 2.24) is 15.0 Å². The molecule has 1 aliphatic heterocycles. The van der Waals surface area contributed by atoms with Crippen LogP contribution in [0.4, 0.5) is 0 Å². The molecule has 1 amide bonds. The third kappa shape index (κ3) is 3.15. The number of pyridine rings is 1. The number of hydrogen-bond acceptors (Lipinski definition) is 5. The molecule has 1 atom stereocenters. The van der Waals surface area contributed by atoms with Gasteiger partial charge in [-0.2, -0.15) is 0 Å². The summed E-state index contributed by atoms with van der Waals surface area (Å²) in [5.74, 6) is 0.514. The fourth-order valence-corrected chi connectivity index (χ4v) is 3.52. The van der Waals surface area contributed by atoms with Gasteiger partial charge in [0.1, 0.15) is 0 Å². The van der Waals surface area contributed by atoms with Gasteiger partial charge in [-0.1, -0.05) is 25.4 Å². The fraction of sp³-hybridized carbons (Fsp3) is 0.632. The normalized spacial score (nSPS) is 21.0. The average Bonchev–Trinajstić information content (AvgIpc) is 3.43. The first-order valence-electron chi connectivity index (χ1n) is 9.41. The van der Waals surface area contributed by atoms with Crippen molar-refractivity contribution in [3.8, 4) is 0 Å². The van der Waals surface area contributed by atoms with Crippen LogP contribution in [0.1, 0.15) is 67.2 Å². The van der Waals surface area contributed by atoms with E-state index < -0.39 is 0 Å². The van der Waals surface area contributed by atoms with Gasteiger partial charge in [0.25, 0.3) is 11.6 Å². The highest BCUT2D eigenvalue weighted by Gasteiger charge is 2.31. The number of aromatic nitrogens is 2. The minimum Gasteiger partial charge on any atom is -0.375 e. The quantitative estimate of drug-likeness (QED) is 0.833. The minimum absolute atomic E-state index is 0.0524. The van der Waals surface area contributed by atoms with Gasteiger partial charge in [-0.25, -0.2) is 4.98 Å². The summed E-state index contributed by atoms with van der Waals surface area (Å²) in [6.07, 6.45) is 5.05. The van der Waals surface area contributed by atoms with Crippen LogP contribution in [-0.2, 0) is 11.2 Å². The van der Waals surface area contributed by atoms with Crippen molar-refractivity contribution in [1.29, 1.82) is 0 Å². The van der Waals surface area contributed by atoms with Gasteiger partial charge in [0.15, 0.2) is 0 Å². The Labute approximate surface area is 147 Å². The topological polar surface area (TPSA) is 68.5 Å². The van der Waals surface area contributed by atoms with E-state index in [1.165, 1.54) is 0 Å². The molecule has 2 aromatic heterocycles. The Morgan fingerprint density at radius 2 is 2.20 bits per heavy atom. The first kappa shape index (κ1) is 16.5. The predicted octanol–water partition coefficient (Wildman–Crippen LogP) is 3.30. The number of carbonyl (C=O) groups is 1. The molecule has 0 bridgehead atoms. The van der Waals surface area contributed by atoms with E-state index in [1.807, 2.05) is 11.0 Å². The third-order valence-electron chi connectivity index (χ3n) is 5.13. The highest BCUT2D eigenvalue weighted by molar-refractivity contribution is 6.06. The van der Waals surface area contributed by atoms with E-state index in [-0.39, 0.29) is 12.0 Å². The SMILES string of the molecule is CCCc1noc2nc(C3CC3)cc(C(=O)N3CCOC(CC)C3)c12. The smallest absolute Gasteiger partial charge is 0.259 e. The van der Waals surface area contributed by atoms with Crippen LogP contribution in [-0.4, -0.2) is 46.7 Å². The van der Waals surface area contributed by atoms with Gasteiger partial charge < -0.3 is 14.2 Å². The Bertz CT molecular complexity index is 782. The van der Waals surface area contributed by atoms with Crippen molar-refractivity contribution < 1.29 is 14.1 Å². The Hall–Kier alpha value is -1.95. The summed E-state index contributed by atoms with van der Waals surface area (Å²) in [6.45, 7) is 6.06. The Balaban J connectivity index is 1.75. The summed E-state index contributed by atoms with van der Waals surface area (Å²) in [4.78, 5) is 19.8. The molecule has 4 rings (SSSR count). The molecule has 0 aromatic carbocycles. The van der Waals surface area contributed by atoms with Crippen molar-refractivity contribution in [3.05, 3.63) is 23.0 Å². The molecule has 3 heterocycles. The molecule has 2 fully saturated rings. The third-order valence-corrected chi connectivity index (χ3v) is 5.13. The molecule has 1 saturated heterocycles. The highest BCUT2D eigenvalue weighted by atomic mass is 16.5. The Morgan fingerprint density at radius 3 is 2.92 bits per heavy atom. The van der Waals surface area contributed by atoms with Crippen molar-refractivity contribution in [3.63, 3.8) is 0 Å². The van der Waals surface area contributed by atoms with Crippen LogP contribution in [0, 0.1) is 0 Å². The summed E-state index contributed by atoms with van der Waals surface area (Å²) in [5.41, 5.74) is 3.02.